The van der Waals surface area contributed by atoms with Crippen LogP contribution in [-0.2, 0) is 6.54 Å². The lowest BCUT2D eigenvalue weighted by Gasteiger charge is -2.34. The number of ether oxygens (including phenoxy) is 1. The molecule has 1 aliphatic heterocycles. The summed E-state index contributed by atoms with van der Waals surface area (Å²) in [5, 5.41) is 2.70. The molecule has 5 rings (SSSR count). The minimum atomic E-state index is -0.0564. The Balaban J connectivity index is 1.23. The minimum Gasteiger partial charge on any atom is -0.494 e. The number of fused-ring (bicyclic) bond motifs is 1. The van der Waals surface area contributed by atoms with E-state index in [0.717, 1.165) is 40.8 Å². The van der Waals surface area contributed by atoms with E-state index in [1.807, 2.05) is 48.4 Å². The molecule has 10 heteroatoms. The van der Waals surface area contributed by atoms with E-state index >= 15 is 0 Å². The Morgan fingerprint density at radius 3 is 2.62 bits per heavy atom. The van der Waals surface area contributed by atoms with E-state index in [-0.39, 0.29) is 11.5 Å². The number of carbonyl (C=O) groups is 1. The first-order valence-electron chi connectivity index (χ1n) is 11.2. The van der Waals surface area contributed by atoms with E-state index in [4.69, 9.17) is 4.74 Å². The first kappa shape index (κ1) is 22.7. The van der Waals surface area contributed by atoms with Crippen molar-refractivity contribution in [3.63, 3.8) is 0 Å². The average Bonchev–Trinajstić information content (AvgIpc) is 3.47. The van der Waals surface area contributed by atoms with Crippen molar-refractivity contribution >= 4 is 33.5 Å². The summed E-state index contributed by atoms with van der Waals surface area (Å²) < 4.78 is 7.07. The van der Waals surface area contributed by atoms with E-state index in [0.29, 0.717) is 36.1 Å². The lowest BCUT2D eigenvalue weighted by atomic mass is 10.2. The number of hydrogen-bond acceptors (Lipinski definition) is 8. The second-order valence-corrected chi connectivity index (χ2v) is 9.97. The molecule has 3 aromatic heterocycles. The monoisotopic (exact) mass is 495 g/mol. The van der Waals surface area contributed by atoms with Crippen LogP contribution in [0.3, 0.4) is 0 Å². The smallest absolute Gasteiger partial charge is 0.265 e. The van der Waals surface area contributed by atoms with Gasteiger partial charge >= 0.3 is 0 Å². The van der Waals surface area contributed by atoms with Gasteiger partial charge in [0.15, 0.2) is 4.96 Å². The fourth-order valence-electron chi connectivity index (χ4n) is 4.03. The number of aromatic nitrogens is 3. The van der Waals surface area contributed by atoms with Gasteiger partial charge in [-0.2, -0.15) is 0 Å². The molecular weight excluding hydrogens is 470 g/mol. The molecule has 0 radical (unpaired) electrons. The SMILES string of the molecule is CCOc1ccc(-c2nc(C)c(C(=O)N3CCN(Cc4cc(=O)n5ccsc5n4)CC3)s2)cc1. The highest BCUT2D eigenvalue weighted by Crippen LogP contribution is 2.30. The van der Waals surface area contributed by atoms with Crippen molar-refractivity contribution < 1.29 is 9.53 Å². The quantitative estimate of drug-likeness (QED) is 0.407. The summed E-state index contributed by atoms with van der Waals surface area (Å²) >= 11 is 2.89. The highest BCUT2D eigenvalue weighted by atomic mass is 32.1. The first-order chi connectivity index (χ1) is 16.5. The molecule has 4 heterocycles. The molecule has 1 amide bonds. The number of thiazole rings is 2. The molecule has 0 atom stereocenters. The van der Waals surface area contributed by atoms with Gasteiger partial charge in [-0.05, 0) is 38.1 Å². The molecule has 0 unspecified atom stereocenters. The molecule has 0 saturated carbocycles. The summed E-state index contributed by atoms with van der Waals surface area (Å²) in [4.78, 5) is 40.2. The normalized spacial score (nSPS) is 14.6. The van der Waals surface area contributed by atoms with Crippen molar-refractivity contribution in [2.75, 3.05) is 32.8 Å². The molecule has 0 spiro atoms. The van der Waals surface area contributed by atoms with Crippen LogP contribution in [0.2, 0.25) is 0 Å². The van der Waals surface area contributed by atoms with Crippen LogP contribution in [-0.4, -0.2) is 62.9 Å². The lowest BCUT2D eigenvalue weighted by Crippen LogP contribution is -2.48. The van der Waals surface area contributed by atoms with Crippen LogP contribution in [0.25, 0.3) is 15.5 Å². The van der Waals surface area contributed by atoms with Gasteiger partial charge in [0, 0.05) is 55.9 Å². The Labute approximate surface area is 205 Å². The van der Waals surface area contributed by atoms with Crippen molar-refractivity contribution in [2.24, 2.45) is 0 Å². The number of nitrogens with zero attached hydrogens (tertiary/aromatic N) is 5. The van der Waals surface area contributed by atoms with Gasteiger partial charge in [0.05, 0.1) is 18.0 Å². The van der Waals surface area contributed by atoms with Gasteiger partial charge < -0.3 is 9.64 Å². The zero-order chi connectivity index (χ0) is 23.7. The van der Waals surface area contributed by atoms with Gasteiger partial charge in [-0.3, -0.25) is 18.9 Å². The number of amides is 1. The number of piperazine rings is 1. The standard InChI is InChI=1S/C24H25N5O3S2/c1-3-32-19-6-4-17(5-7-19)22-25-16(2)21(34-22)23(31)28-10-8-27(9-11-28)15-18-14-20(30)29-12-13-33-24(29)26-18/h4-7,12-14H,3,8-11,15H2,1-2H3. The molecule has 1 aliphatic rings. The molecule has 1 saturated heterocycles. The number of aryl methyl sites for hydroxylation is 1. The third-order valence-electron chi connectivity index (χ3n) is 5.80. The maximum atomic E-state index is 13.2. The molecule has 34 heavy (non-hydrogen) atoms. The largest absolute Gasteiger partial charge is 0.494 e. The first-order valence-corrected chi connectivity index (χ1v) is 12.9. The second-order valence-electron chi connectivity index (χ2n) is 8.10. The lowest BCUT2D eigenvalue weighted by molar-refractivity contribution is 0.0631. The fraction of sp³-hybridized carbons (Fsp3) is 0.333. The van der Waals surface area contributed by atoms with Crippen molar-refractivity contribution in [1.29, 1.82) is 0 Å². The molecule has 1 aromatic carbocycles. The zero-order valence-corrected chi connectivity index (χ0v) is 20.7. The molecule has 4 aromatic rings. The van der Waals surface area contributed by atoms with E-state index in [1.54, 1.807) is 16.7 Å². The van der Waals surface area contributed by atoms with Gasteiger partial charge in [-0.15, -0.1) is 22.7 Å². The highest BCUT2D eigenvalue weighted by molar-refractivity contribution is 7.17. The van der Waals surface area contributed by atoms with Gasteiger partial charge in [0.25, 0.3) is 11.5 Å². The molecule has 0 aliphatic carbocycles. The Hall–Kier alpha value is -3.08. The predicted molar refractivity (Wildman–Crippen MR) is 134 cm³/mol. The van der Waals surface area contributed by atoms with E-state index in [1.165, 1.54) is 22.7 Å². The van der Waals surface area contributed by atoms with E-state index in [9.17, 15) is 9.59 Å². The number of rotatable bonds is 6. The molecule has 0 N–H and O–H groups in total. The Kier molecular flexibility index (Phi) is 6.44. The van der Waals surface area contributed by atoms with Crippen LogP contribution in [0, 0.1) is 6.92 Å². The maximum Gasteiger partial charge on any atom is 0.265 e. The summed E-state index contributed by atoms with van der Waals surface area (Å²) in [6.07, 6.45) is 1.74. The third-order valence-corrected chi connectivity index (χ3v) is 7.76. The van der Waals surface area contributed by atoms with Gasteiger partial charge in [-0.1, -0.05) is 0 Å². The van der Waals surface area contributed by atoms with Crippen molar-refractivity contribution in [3.05, 3.63) is 68.5 Å². The summed E-state index contributed by atoms with van der Waals surface area (Å²) in [5.74, 6) is 0.854. The van der Waals surface area contributed by atoms with Crippen LogP contribution >= 0.6 is 22.7 Å². The Bertz CT molecular complexity index is 1370. The van der Waals surface area contributed by atoms with Crippen LogP contribution in [0.4, 0.5) is 0 Å². The Morgan fingerprint density at radius 2 is 1.88 bits per heavy atom. The highest BCUT2D eigenvalue weighted by Gasteiger charge is 2.26. The topological polar surface area (TPSA) is 80.0 Å². The van der Waals surface area contributed by atoms with Gasteiger partial charge in [0.2, 0.25) is 0 Å². The van der Waals surface area contributed by atoms with E-state index < -0.39 is 0 Å². The van der Waals surface area contributed by atoms with Crippen LogP contribution in [0.1, 0.15) is 28.0 Å². The third kappa shape index (κ3) is 4.61. The van der Waals surface area contributed by atoms with Gasteiger partial charge in [-0.25, -0.2) is 9.97 Å². The van der Waals surface area contributed by atoms with Gasteiger partial charge in [0.1, 0.15) is 15.6 Å². The molecule has 8 nitrogen and oxygen atoms in total. The number of carbonyl (C=O) groups excluding carboxylic acids is 1. The summed E-state index contributed by atoms with van der Waals surface area (Å²) in [6.45, 7) is 7.82. The fourth-order valence-corrected chi connectivity index (χ4v) is 5.81. The predicted octanol–water partition coefficient (Wildman–Crippen LogP) is 3.54. The Morgan fingerprint density at radius 1 is 1.12 bits per heavy atom. The molecular formula is C24H25N5O3S2. The average molecular weight is 496 g/mol. The summed E-state index contributed by atoms with van der Waals surface area (Å²) in [6, 6.07) is 9.40. The summed E-state index contributed by atoms with van der Waals surface area (Å²) in [7, 11) is 0. The molecule has 1 fully saturated rings. The summed E-state index contributed by atoms with van der Waals surface area (Å²) in [5.41, 5.74) is 2.45. The number of benzene rings is 1. The zero-order valence-electron chi connectivity index (χ0n) is 19.1. The van der Waals surface area contributed by atoms with Crippen LogP contribution in [0.5, 0.6) is 5.75 Å². The molecule has 176 valence electrons. The van der Waals surface area contributed by atoms with Crippen LogP contribution in [0.15, 0.2) is 46.7 Å². The van der Waals surface area contributed by atoms with Crippen molar-refractivity contribution in [1.82, 2.24) is 24.2 Å². The van der Waals surface area contributed by atoms with E-state index in [2.05, 4.69) is 14.9 Å². The van der Waals surface area contributed by atoms with Crippen molar-refractivity contribution in [2.45, 2.75) is 20.4 Å². The maximum absolute atomic E-state index is 13.2. The minimum absolute atomic E-state index is 0.0308. The molecule has 0 bridgehead atoms. The second kappa shape index (κ2) is 9.65. The van der Waals surface area contributed by atoms with Crippen molar-refractivity contribution in [3.8, 4) is 16.3 Å². The van der Waals surface area contributed by atoms with Crippen LogP contribution < -0.4 is 10.3 Å². The number of hydrogen-bond donors (Lipinski definition) is 0.